The van der Waals surface area contributed by atoms with Crippen LogP contribution in [0.15, 0.2) is 12.1 Å². The van der Waals surface area contributed by atoms with Crippen LogP contribution in [0.1, 0.15) is 35.6 Å². The molecule has 2 heteroatoms. The number of nitrogens with two attached hydrogens (primary N) is 1. The number of aryl methyl sites for hydroxylation is 2. The molecule has 0 aliphatic carbocycles. The van der Waals surface area contributed by atoms with Crippen molar-refractivity contribution in [1.82, 2.24) is 0 Å². The first kappa shape index (κ1) is 9.53. The predicted octanol–water partition coefficient (Wildman–Crippen LogP) is 2.51. The Morgan fingerprint density at radius 2 is 2.14 bits per heavy atom. The van der Waals surface area contributed by atoms with Crippen molar-refractivity contribution in [3.63, 3.8) is 0 Å². The maximum atomic E-state index is 6.16. The van der Waals surface area contributed by atoms with Crippen molar-refractivity contribution in [2.75, 3.05) is 11.9 Å². The first-order valence-corrected chi connectivity index (χ1v) is 5.29. The summed E-state index contributed by atoms with van der Waals surface area (Å²) in [6.07, 6.45) is 2.25. The second-order valence-electron chi connectivity index (χ2n) is 4.22. The molecule has 1 aromatic carbocycles. The Bertz CT molecular complexity index is 344. The van der Waals surface area contributed by atoms with Gasteiger partial charge in [-0.15, -0.1) is 0 Å². The van der Waals surface area contributed by atoms with E-state index >= 15 is 0 Å². The number of fused-ring (bicyclic) bond motifs is 1. The maximum absolute atomic E-state index is 6.16. The van der Waals surface area contributed by atoms with E-state index < -0.39 is 0 Å². The highest BCUT2D eigenvalue weighted by Crippen LogP contribution is 2.31. The highest BCUT2D eigenvalue weighted by Gasteiger charge is 2.16. The number of nitrogens with one attached hydrogen (secondary N) is 1. The zero-order valence-corrected chi connectivity index (χ0v) is 8.93. The molecule has 1 aliphatic heterocycles. The summed E-state index contributed by atoms with van der Waals surface area (Å²) in [7, 11) is 0. The second kappa shape index (κ2) is 3.62. The molecule has 1 unspecified atom stereocenters. The Morgan fingerprint density at radius 3 is 2.93 bits per heavy atom. The van der Waals surface area contributed by atoms with Gasteiger partial charge in [-0.05, 0) is 49.4 Å². The van der Waals surface area contributed by atoms with E-state index in [1.54, 1.807) is 0 Å². The SMILES string of the molecule is Cc1cc(C)c2c(c1)NCCCC2N. The fourth-order valence-corrected chi connectivity index (χ4v) is 2.31. The summed E-state index contributed by atoms with van der Waals surface area (Å²) in [5, 5.41) is 3.46. The maximum Gasteiger partial charge on any atom is 0.0393 e. The van der Waals surface area contributed by atoms with Crippen LogP contribution < -0.4 is 11.1 Å². The topological polar surface area (TPSA) is 38.0 Å². The number of anilines is 1. The van der Waals surface area contributed by atoms with Gasteiger partial charge in [-0.3, -0.25) is 0 Å². The summed E-state index contributed by atoms with van der Waals surface area (Å²) in [5.41, 5.74) is 11.3. The number of rotatable bonds is 0. The van der Waals surface area contributed by atoms with Crippen LogP contribution in [0.4, 0.5) is 5.69 Å². The van der Waals surface area contributed by atoms with Crippen molar-refractivity contribution in [3.05, 3.63) is 28.8 Å². The monoisotopic (exact) mass is 190 g/mol. The van der Waals surface area contributed by atoms with Gasteiger partial charge in [-0.2, -0.15) is 0 Å². The molecule has 0 saturated heterocycles. The highest BCUT2D eigenvalue weighted by molar-refractivity contribution is 5.58. The molecular formula is C12H18N2. The average molecular weight is 190 g/mol. The molecule has 0 radical (unpaired) electrons. The second-order valence-corrected chi connectivity index (χ2v) is 4.22. The lowest BCUT2D eigenvalue weighted by molar-refractivity contribution is 0.639. The smallest absolute Gasteiger partial charge is 0.0393 e. The fourth-order valence-electron chi connectivity index (χ4n) is 2.31. The van der Waals surface area contributed by atoms with E-state index in [0.29, 0.717) is 0 Å². The molecule has 0 saturated carbocycles. The fraction of sp³-hybridized carbons (Fsp3) is 0.500. The molecule has 1 aliphatic rings. The first-order chi connectivity index (χ1) is 6.68. The van der Waals surface area contributed by atoms with Gasteiger partial charge >= 0.3 is 0 Å². The molecule has 2 nitrogen and oxygen atoms in total. The minimum absolute atomic E-state index is 0.209. The third-order valence-electron chi connectivity index (χ3n) is 2.91. The van der Waals surface area contributed by atoms with E-state index in [1.807, 2.05) is 0 Å². The largest absolute Gasteiger partial charge is 0.385 e. The molecule has 1 atom stereocenters. The van der Waals surface area contributed by atoms with Crippen LogP contribution >= 0.6 is 0 Å². The summed E-state index contributed by atoms with van der Waals surface area (Å²) in [6, 6.07) is 4.62. The Kier molecular flexibility index (Phi) is 2.46. The van der Waals surface area contributed by atoms with Crippen molar-refractivity contribution in [3.8, 4) is 0 Å². The first-order valence-electron chi connectivity index (χ1n) is 5.29. The van der Waals surface area contributed by atoms with E-state index in [2.05, 4.69) is 31.3 Å². The van der Waals surface area contributed by atoms with Crippen LogP contribution in [0.5, 0.6) is 0 Å². The lowest BCUT2D eigenvalue weighted by Gasteiger charge is -2.16. The van der Waals surface area contributed by atoms with Gasteiger partial charge in [-0.25, -0.2) is 0 Å². The highest BCUT2D eigenvalue weighted by atomic mass is 14.9. The van der Waals surface area contributed by atoms with Crippen LogP contribution in [-0.2, 0) is 0 Å². The van der Waals surface area contributed by atoms with Gasteiger partial charge in [0.05, 0.1) is 0 Å². The molecule has 0 amide bonds. The molecule has 3 N–H and O–H groups in total. The van der Waals surface area contributed by atoms with Crippen molar-refractivity contribution in [2.24, 2.45) is 5.73 Å². The van der Waals surface area contributed by atoms with Gasteiger partial charge in [0.2, 0.25) is 0 Å². The van der Waals surface area contributed by atoms with Crippen molar-refractivity contribution < 1.29 is 0 Å². The van der Waals surface area contributed by atoms with E-state index in [4.69, 9.17) is 5.73 Å². The van der Waals surface area contributed by atoms with Crippen LogP contribution in [0, 0.1) is 13.8 Å². The zero-order chi connectivity index (χ0) is 10.1. The molecule has 0 fully saturated rings. The Labute approximate surface area is 85.5 Å². The number of hydrogen-bond acceptors (Lipinski definition) is 2. The van der Waals surface area contributed by atoms with Gasteiger partial charge in [0.25, 0.3) is 0 Å². The molecule has 2 rings (SSSR count). The zero-order valence-electron chi connectivity index (χ0n) is 8.93. The molecule has 1 aromatic rings. The molecule has 14 heavy (non-hydrogen) atoms. The van der Waals surface area contributed by atoms with Crippen molar-refractivity contribution >= 4 is 5.69 Å². The van der Waals surface area contributed by atoms with Gasteiger partial charge in [0.15, 0.2) is 0 Å². The van der Waals surface area contributed by atoms with Crippen molar-refractivity contribution in [2.45, 2.75) is 32.7 Å². The Balaban J connectivity index is 2.53. The summed E-state index contributed by atoms with van der Waals surface area (Å²) in [6.45, 7) is 5.33. The minimum atomic E-state index is 0.209. The predicted molar refractivity (Wildman–Crippen MR) is 60.6 cm³/mol. The van der Waals surface area contributed by atoms with E-state index in [0.717, 1.165) is 19.4 Å². The lowest BCUT2D eigenvalue weighted by atomic mass is 9.96. The normalized spacial score (nSPS) is 20.9. The van der Waals surface area contributed by atoms with Crippen LogP contribution in [-0.4, -0.2) is 6.54 Å². The Hall–Kier alpha value is -1.02. The molecular weight excluding hydrogens is 172 g/mol. The Morgan fingerprint density at radius 1 is 1.36 bits per heavy atom. The third kappa shape index (κ3) is 1.62. The summed E-state index contributed by atoms with van der Waals surface area (Å²) in [5.74, 6) is 0. The summed E-state index contributed by atoms with van der Waals surface area (Å²) >= 11 is 0. The quantitative estimate of drug-likeness (QED) is 0.659. The average Bonchev–Trinajstić information content (AvgIpc) is 2.27. The third-order valence-corrected chi connectivity index (χ3v) is 2.91. The lowest BCUT2D eigenvalue weighted by Crippen LogP contribution is -2.11. The molecule has 0 aromatic heterocycles. The number of benzene rings is 1. The van der Waals surface area contributed by atoms with Crippen LogP contribution in [0.2, 0.25) is 0 Å². The van der Waals surface area contributed by atoms with Gasteiger partial charge in [-0.1, -0.05) is 6.07 Å². The van der Waals surface area contributed by atoms with Crippen LogP contribution in [0.3, 0.4) is 0 Å². The van der Waals surface area contributed by atoms with Gasteiger partial charge < -0.3 is 11.1 Å². The summed E-state index contributed by atoms with van der Waals surface area (Å²) < 4.78 is 0. The summed E-state index contributed by atoms with van der Waals surface area (Å²) in [4.78, 5) is 0. The van der Waals surface area contributed by atoms with Crippen LogP contribution in [0.25, 0.3) is 0 Å². The molecule has 76 valence electrons. The van der Waals surface area contributed by atoms with E-state index in [-0.39, 0.29) is 6.04 Å². The van der Waals surface area contributed by atoms with Crippen molar-refractivity contribution in [1.29, 1.82) is 0 Å². The van der Waals surface area contributed by atoms with E-state index in [9.17, 15) is 0 Å². The van der Waals surface area contributed by atoms with Gasteiger partial charge in [0.1, 0.15) is 0 Å². The minimum Gasteiger partial charge on any atom is -0.385 e. The molecule has 0 bridgehead atoms. The number of hydrogen-bond donors (Lipinski definition) is 2. The van der Waals surface area contributed by atoms with Gasteiger partial charge in [0, 0.05) is 18.3 Å². The molecule has 0 spiro atoms. The standard InChI is InChI=1S/C12H18N2/c1-8-6-9(2)12-10(13)4-3-5-14-11(12)7-8/h6-7,10,14H,3-5,13H2,1-2H3. The molecule has 1 heterocycles. The van der Waals surface area contributed by atoms with E-state index in [1.165, 1.54) is 22.4 Å².